The van der Waals surface area contributed by atoms with Crippen molar-refractivity contribution in [2.45, 2.75) is 34.3 Å². The highest BCUT2D eigenvalue weighted by molar-refractivity contribution is 6.02. The largest absolute Gasteiger partial charge is 0.493 e. The summed E-state index contributed by atoms with van der Waals surface area (Å²) >= 11 is 0. The van der Waals surface area contributed by atoms with Crippen LogP contribution in [0.1, 0.15) is 40.9 Å². The lowest BCUT2D eigenvalue weighted by atomic mass is 10.0. The molecule has 0 unspecified atom stereocenters. The van der Waals surface area contributed by atoms with Crippen molar-refractivity contribution >= 4 is 28.5 Å². The van der Waals surface area contributed by atoms with Gasteiger partial charge in [0.15, 0.2) is 11.5 Å². The van der Waals surface area contributed by atoms with Crippen LogP contribution in [0, 0.1) is 19.8 Å². The summed E-state index contributed by atoms with van der Waals surface area (Å²) in [5.41, 5.74) is 2.74. The molecule has 1 heterocycles. The summed E-state index contributed by atoms with van der Waals surface area (Å²) in [5, 5.41) is 3.41. The van der Waals surface area contributed by atoms with E-state index in [-0.39, 0.29) is 29.7 Å². The number of fused-ring (bicyclic) bond motifs is 1. The molecule has 1 aromatic heterocycles. The lowest BCUT2D eigenvalue weighted by Crippen LogP contribution is -2.20. The first-order valence-electron chi connectivity index (χ1n) is 10.4. The van der Waals surface area contributed by atoms with Crippen LogP contribution >= 0.6 is 0 Å². The Morgan fingerprint density at radius 2 is 1.61 bits per heavy atom. The second-order valence-electron chi connectivity index (χ2n) is 8.00. The number of nitrogens with one attached hydrogen (secondary N) is 1. The fourth-order valence-corrected chi connectivity index (χ4v) is 3.25. The molecule has 8 nitrogen and oxygen atoms in total. The van der Waals surface area contributed by atoms with Crippen molar-refractivity contribution < 1.29 is 28.2 Å². The van der Waals surface area contributed by atoms with Gasteiger partial charge in [-0.2, -0.15) is 0 Å². The van der Waals surface area contributed by atoms with Crippen molar-refractivity contribution in [1.82, 2.24) is 0 Å². The summed E-state index contributed by atoms with van der Waals surface area (Å²) in [6.07, 6.45) is 0. The Kier molecular flexibility index (Phi) is 7.06. The average molecular weight is 453 g/mol. The number of benzene rings is 2. The maximum Gasteiger partial charge on any atom is 0.340 e. The van der Waals surface area contributed by atoms with Gasteiger partial charge < -0.3 is 23.9 Å². The molecule has 0 bridgehead atoms. The Labute approximate surface area is 191 Å². The van der Waals surface area contributed by atoms with Gasteiger partial charge in [0.05, 0.1) is 25.5 Å². The zero-order valence-electron chi connectivity index (χ0n) is 19.5. The number of esters is 1. The minimum atomic E-state index is -0.694. The number of hydrogen-bond acceptors (Lipinski definition) is 7. The summed E-state index contributed by atoms with van der Waals surface area (Å²) in [7, 11) is 2.90. The first-order chi connectivity index (χ1) is 15.6. The molecule has 0 saturated carbocycles. The van der Waals surface area contributed by atoms with E-state index in [2.05, 4.69) is 5.32 Å². The number of carbonyl (C=O) groups excluding carboxylic acids is 2. The van der Waals surface area contributed by atoms with Crippen LogP contribution in [0.15, 0.2) is 39.5 Å². The van der Waals surface area contributed by atoms with Gasteiger partial charge in [0.2, 0.25) is 5.91 Å². The van der Waals surface area contributed by atoms with Crippen molar-refractivity contribution in [3.8, 4) is 11.5 Å². The fraction of sp³-hybridized carbons (Fsp3) is 0.320. The molecule has 0 aliphatic rings. The summed E-state index contributed by atoms with van der Waals surface area (Å²) in [6, 6.07) is 7.93. The predicted molar refractivity (Wildman–Crippen MR) is 124 cm³/mol. The Morgan fingerprint density at radius 1 is 0.970 bits per heavy atom. The third-order valence-corrected chi connectivity index (χ3v) is 5.33. The molecule has 0 radical (unpaired) electrons. The lowest BCUT2D eigenvalue weighted by molar-refractivity contribution is -0.118. The predicted octanol–water partition coefficient (Wildman–Crippen LogP) is 4.38. The number of carbonyl (C=O) groups is 2. The van der Waals surface area contributed by atoms with Gasteiger partial charge in [-0.1, -0.05) is 13.8 Å². The monoisotopic (exact) mass is 453 g/mol. The van der Waals surface area contributed by atoms with Gasteiger partial charge in [-0.25, -0.2) is 9.59 Å². The van der Waals surface area contributed by atoms with Gasteiger partial charge in [0.1, 0.15) is 12.2 Å². The highest BCUT2D eigenvalue weighted by Crippen LogP contribution is 2.34. The summed E-state index contributed by atoms with van der Waals surface area (Å²) in [6.45, 7) is 7.19. The minimum Gasteiger partial charge on any atom is -0.493 e. The van der Waals surface area contributed by atoms with E-state index in [4.69, 9.17) is 18.6 Å². The molecule has 3 aromatic rings. The van der Waals surface area contributed by atoms with Crippen molar-refractivity contribution in [2.75, 3.05) is 19.5 Å². The van der Waals surface area contributed by atoms with Gasteiger partial charge in [-0.05, 0) is 37.1 Å². The number of ether oxygens (including phenoxy) is 3. The Balaban J connectivity index is 1.96. The average Bonchev–Trinajstić information content (AvgIpc) is 2.77. The van der Waals surface area contributed by atoms with Crippen molar-refractivity contribution in [3.63, 3.8) is 0 Å². The molecule has 174 valence electrons. The Morgan fingerprint density at radius 3 is 2.24 bits per heavy atom. The lowest BCUT2D eigenvalue weighted by Gasteiger charge is -2.16. The second kappa shape index (κ2) is 9.77. The van der Waals surface area contributed by atoms with E-state index in [1.165, 1.54) is 32.4 Å². The van der Waals surface area contributed by atoms with E-state index < -0.39 is 11.6 Å². The van der Waals surface area contributed by atoms with Crippen LogP contribution < -0.4 is 20.4 Å². The third kappa shape index (κ3) is 5.16. The molecular weight excluding hydrogens is 426 g/mol. The molecule has 0 fully saturated rings. The number of anilines is 1. The van der Waals surface area contributed by atoms with Crippen LogP contribution in [0.25, 0.3) is 11.0 Å². The van der Waals surface area contributed by atoms with E-state index >= 15 is 0 Å². The van der Waals surface area contributed by atoms with Crippen LogP contribution in [0.4, 0.5) is 5.69 Å². The second-order valence-corrected chi connectivity index (χ2v) is 8.00. The molecule has 0 aliphatic carbocycles. The molecule has 0 saturated heterocycles. The standard InChI is InChI=1S/C25H27NO7/c1-13(2)24(28)26-19-11-22(31-6)21(30-5)10-18(19)25(29)32-12-16-9-23(27)33-20-8-15(4)14(3)7-17(16)20/h7-11,13H,12H2,1-6H3,(H,26,28). The SMILES string of the molecule is COc1cc(NC(=O)C(C)C)c(C(=O)OCc2cc(=O)oc3cc(C)c(C)cc23)cc1OC. The zero-order chi connectivity index (χ0) is 24.3. The Hall–Kier alpha value is -3.81. The van der Waals surface area contributed by atoms with E-state index in [0.717, 1.165) is 11.1 Å². The molecule has 0 spiro atoms. The maximum atomic E-state index is 13.0. The van der Waals surface area contributed by atoms with Crippen molar-refractivity contribution in [1.29, 1.82) is 0 Å². The van der Waals surface area contributed by atoms with E-state index in [9.17, 15) is 14.4 Å². The highest BCUT2D eigenvalue weighted by Gasteiger charge is 2.21. The number of aryl methyl sites for hydroxylation is 2. The summed E-state index contributed by atoms with van der Waals surface area (Å²) in [4.78, 5) is 37.3. The molecule has 0 atom stereocenters. The smallest absolute Gasteiger partial charge is 0.340 e. The number of hydrogen-bond donors (Lipinski definition) is 1. The third-order valence-electron chi connectivity index (χ3n) is 5.33. The van der Waals surface area contributed by atoms with Crippen LogP contribution in [0.5, 0.6) is 11.5 Å². The number of rotatable bonds is 7. The summed E-state index contributed by atoms with van der Waals surface area (Å²) < 4.78 is 21.4. The van der Waals surface area contributed by atoms with Crippen LogP contribution in [-0.4, -0.2) is 26.1 Å². The van der Waals surface area contributed by atoms with Gasteiger partial charge in [0.25, 0.3) is 0 Å². The number of amides is 1. The van der Waals surface area contributed by atoms with E-state index in [0.29, 0.717) is 28.0 Å². The fourth-order valence-electron chi connectivity index (χ4n) is 3.25. The van der Waals surface area contributed by atoms with Crippen LogP contribution in [0.3, 0.4) is 0 Å². The van der Waals surface area contributed by atoms with Crippen molar-refractivity contribution in [2.24, 2.45) is 5.92 Å². The normalized spacial score (nSPS) is 10.9. The first-order valence-corrected chi connectivity index (χ1v) is 10.4. The maximum absolute atomic E-state index is 13.0. The van der Waals surface area contributed by atoms with Gasteiger partial charge in [0, 0.05) is 35.1 Å². The molecule has 0 aliphatic heterocycles. The number of methoxy groups -OCH3 is 2. The molecule has 1 amide bonds. The first kappa shape index (κ1) is 23.8. The summed E-state index contributed by atoms with van der Waals surface area (Å²) in [5.74, 6) is -0.605. The molecule has 8 heteroatoms. The van der Waals surface area contributed by atoms with E-state index in [1.54, 1.807) is 19.9 Å². The molecule has 33 heavy (non-hydrogen) atoms. The highest BCUT2D eigenvalue weighted by atomic mass is 16.5. The minimum absolute atomic E-state index is 0.0981. The van der Waals surface area contributed by atoms with E-state index in [1.807, 2.05) is 19.9 Å². The van der Waals surface area contributed by atoms with Gasteiger partial charge in [-0.15, -0.1) is 0 Å². The molecular formula is C25H27NO7. The molecule has 1 N–H and O–H groups in total. The topological polar surface area (TPSA) is 104 Å². The van der Waals surface area contributed by atoms with Crippen LogP contribution in [-0.2, 0) is 16.1 Å². The van der Waals surface area contributed by atoms with Gasteiger partial charge in [-0.3, -0.25) is 4.79 Å². The quantitative estimate of drug-likeness (QED) is 0.418. The van der Waals surface area contributed by atoms with Crippen molar-refractivity contribution in [3.05, 3.63) is 63.0 Å². The van der Waals surface area contributed by atoms with Gasteiger partial charge >= 0.3 is 11.6 Å². The Bertz CT molecular complexity index is 1270. The zero-order valence-corrected chi connectivity index (χ0v) is 19.5. The molecule has 2 aromatic carbocycles. The van der Waals surface area contributed by atoms with Crippen LogP contribution in [0.2, 0.25) is 0 Å². The molecule has 3 rings (SSSR count).